The molecule has 120 valence electrons. The van der Waals surface area contributed by atoms with E-state index in [1.807, 2.05) is 0 Å². The summed E-state index contributed by atoms with van der Waals surface area (Å²) in [6, 6.07) is 2.89. The number of hydrogen-bond donors (Lipinski definition) is 1. The number of amides is 1. The average Bonchev–Trinajstić information content (AvgIpc) is 3.33. The highest BCUT2D eigenvalue weighted by Gasteiger charge is 2.30. The highest BCUT2D eigenvalue weighted by atomic mass is 16.5. The Labute approximate surface area is 129 Å². The first-order valence-corrected chi connectivity index (χ1v) is 7.85. The molecular formula is C16H22N2O4. The predicted octanol–water partition coefficient (Wildman–Crippen LogP) is 0.549. The van der Waals surface area contributed by atoms with Crippen LogP contribution in [0.1, 0.15) is 19.3 Å². The summed E-state index contributed by atoms with van der Waals surface area (Å²) >= 11 is 0. The third kappa shape index (κ3) is 4.42. The molecule has 1 aliphatic heterocycles. The molecule has 1 aliphatic carbocycles. The van der Waals surface area contributed by atoms with E-state index in [0.717, 1.165) is 13.0 Å². The molecule has 0 aromatic carbocycles. The summed E-state index contributed by atoms with van der Waals surface area (Å²) in [4.78, 5) is 23.2. The summed E-state index contributed by atoms with van der Waals surface area (Å²) in [6.07, 6.45) is 6.44. The topological polar surface area (TPSA) is 69.6 Å². The second-order valence-electron chi connectivity index (χ2n) is 6.06. The van der Waals surface area contributed by atoms with Gasteiger partial charge in [-0.3, -0.25) is 9.59 Å². The van der Waals surface area contributed by atoms with Crippen LogP contribution in [0.4, 0.5) is 0 Å². The molecular weight excluding hydrogens is 284 g/mol. The van der Waals surface area contributed by atoms with Crippen molar-refractivity contribution in [1.29, 1.82) is 0 Å². The van der Waals surface area contributed by atoms with Gasteiger partial charge in [0.05, 0.1) is 12.6 Å². The Morgan fingerprint density at radius 1 is 1.32 bits per heavy atom. The number of carbonyl (C=O) groups excluding carboxylic acids is 1. The fourth-order valence-electron chi connectivity index (χ4n) is 2.55. The summed E-state index contributed by atoms with van der Waals surface area (Å²) in [7, 11) is 0. The molecule has 0 unspecified atom stereocenters. The first kappa shape index (κ1) is 15.2. The van der Waals surface area contributed by atoms with E-state index in [1.54, 1.807) is 17.0 Å². The third-order valence-electron chi connectivity index (χ3n) is 4.08. The molecule has 0 bridgehead atoms. The number of hydrogen-bond acceptors (Lipinski definition) is 4. The highest BCUT2D eigenvalue weighted by Crippen LogP contribution is 2.29. The van der Waals surface area contributed by atoms with Crippen molar-refractivity contribution >= 4 is 5.91 Å². The second kappa shape index (κ2) is 7.07. The average molecular weight is 306 g/mol. The first-order valence-electron chi connectivity index (χ1n) is 7.85. The molecule has 1 saturated carbocycles. The summed E-state index contributed by atoms with van der Waals surface area (Å²) in [6.45, 7) is 2.15. The predicted molar refractivity (Wildman–Crippen MR) is 80.5 cm³/mol. The number of ether oxygens (including phenoxy) is 2. The lowest BCUT2D eigenvalue weighted by Crippen LogP contribution is -2.50. The zero-order chi connectivity index (χ0) is 15.4. The zero-order valence-electron chi connectivity index (χ0n) is 12.6. The van der Waals surface area contributed by atoms with Crippen molar-refractivity contribution < 1.29 is 14.3 Å². The molecule has 6 nitrogen and oxygen atoms in total. The van der Waals surface area contributed by atoms with Crippen molar-refractivity contribution in [2.45, 2.75) is 38.0 Å². The second-order valence-corrected chi connectivity index (χ2v) is 6.06. The van der Waals surface area contributed by atoms with E-state index in [2.05, 4.69) is 5.32 Å². The van der Waals surface area contributed by atoms with Crippen molar-refractivity contribution in [1.82, 2.24) is 9.88 Å². The highest BCUT2D eigenvalue weighted by molar-refractivity contribution is 5.76. The van der Waals surface area contributed by atoms with Gasteiger partial charge < -0.3 is 19.4 Å². The van der Waals surface area contributed by atoms with Crippen LogP contribution in [0.15, 0.2) is 29.3 Å². The Hall–Kier alpha value is -1.66. The van der Waals surface area contributed by atoms with Gasteiger partial charge in [0.2, 0.25) is 5.91 Å². The molecule has 2 fully saturated rings. The number of carbonyl (C=O) groups is 1. The van der Waals surface area contributed by atoms with Gasteiger partial charge in [-0.1, -0.05) is 0 Å². The van der Waals surface area contributed by atoms with E-state index in [1.165, 1.54) is 25.0 Å². The van der Waals surface area contributed by atoms with Crippen LogP contribution < -0.4 is 10.7 Å². The maximum atomic E-state index is 12.2. The van der Waals surface area contributed by atoms with Gasteiger partial charge in [0.25, 0.3) is 0 Å². The Balaban J connectivity index is 1.51. The van der Waals surface area contributed by atoms with Crippen LogP contribution in [0, 0.1) is 5.92 Å². The molecule has 1 N–H and O–H groups in total. The number of nitrogens with one attached hydrogen (secondary N) is 1. The van der Waals surface area contributed by atoms with Crippen LogP contribution in [0.2, 0.25) is 0 Å². The molecule has 1 aromatic rings. The number of nitrogens with zero attached hydrogens (tertiary/aromatic N) is 1. The lowest BCUT2D eigenvalue weighted by molar-refractivity contribution is -0.126. The fourth-order valence-corrected chi connectivity index (χ4v) is 2.55. The molecule has 6 heteroatoms. The van der Waals surface area contributed by atoms with E-state index in [0.29, 0.717) is 19.1 Å². The first-order chi connectivity index (χ1) is 10.7. The molecule has 3 rings (SSSR count). The SMILES string of the molecule is O=C(Cn1ccc(=O)cc1)N[C@@H]1CCOC[C@H]1OCC1CC1. The largest absolute Gasteiger partial charge is 0.379 e. The van der Waals surface area contributed by atoms with Gasteiger partial charge in [0.1, 0.15) is 12.6 Å². The third-order valence-corrected chi connectivity index (χ3v) is 4.08. The molecule has 1 saturated heterocycles. The fraction of sp³-hybridized carbons (Fsp3) is 0.625. The molecule has 0 spiro atoms. The number of aromatic nitrogens is 1. The van der Waals surface area contributed by atoms with E-state index in [9.17, 15) is 9.59 Å². The normalized spacial score (nSPS) is 24.9. The van der Waals surface area contributed by atoms with Gasteiger partial charge >= 0.3 is 0 Å². The van der Waals surface area contributed by atoms with Crippen LogP contribution >= 0.6 is 0 Å². The van der Waals surface area contributed by atoms with Crippen molar-refractivity contribution in [3.8, 4) is 0 Å². The Morgan fingerprint density at radius 2 is 2.09 bits per heavy atom. The van der Waals surface area contributed by atoms with Gasteiger partial charge in [0, 0.05) is 37.7 Å². The Morgan fingerprint density at radius 3 is 2.82 bits per heavy atom. The van der Waals surface area contributed by atoms with Crippen molar-refractivity contribution in [2.75, 3.05) is 19.8 Å². The lowest BCUT2D eigenvalue weighted by Gasteiger charge is -2.32. The van der Waals surface area contributed by atoms with Gasteiger partial charge in [0.15, 0.2) is 5.43 Å². The quantitative estimate of drug-likeness (QED) is 0.833. The zero-order valence-corrected chi connectivity index (χ0v) is 12.6. The van der Waals surface area contributed by atoms with Gasteiger partial charge in [-0.15, -0.1) is 0 Å². The minimum absolute atomic E-state index is 0.000573. The van der Waals surface area contributed by atoms with Crippen LogP contribution in [0.25, 0.3) is 0 Å². The standard InChI is InChI=1S/C16H22N2O4/c19-13-3-6-18(7-4-13)9-16(20)17-14-5-8-21-11-15(14)22-10-12-1-2-12/h3-4,6-7,12,14-15H,1-2,5,8-11H2,(H,17,20)/t14-,15-/m1/s1. The van der Waals surface area contributed by atoms with E-state index in [-0.39, 0.29) is 30.0 Å². The molecule has 2 aliphatic rings. The molecule has 2 atom stereocenters. The molecule has 1 aromatic heterocycles. The lowest BCUT2D eigenvalue weighted by atomic mass is 10.1. The summed E-state index contributed by atoms with van der Waals surface area (Å²) in [5.74, 6) is 0.620. The van der Waals surface area contributed by atoms with Crippen LogP contribution in [0.5, 0.6) is 0 Å². The molecule has 22 heavy (non-hydrogen) atoms. The Kier molecular flexibility index (Phi) is 4.90. The van der Waals surface area contributed by atoms with Gasteiger partial charge in [-0.2, -0.15) is 0 Å². The molecule has 2 heterocycles. The van der Waals surface area contributed by atoms with Crippen LogP contribution in [-0.2, 0) is 20.8 Å². The van der Waals surface area contributed by atoms with Crippen molar-refractivity contribution in [2.24, 2.45) is 5.92 Å². The maximum absolute atomic E-state index is 12.2. The maximum Gasteiger partial charge on any atom is 0.240 e. The minimum atomic E-state index is -0.0735. The Bertz CT molecular complexity index is 547. The van der Waals surface area contributed by atoms with E-state index >= 15 is 0 Å². The molecule has 1 amide bonds. The number of pyridine rings is 1. The minimum Gasteiger partial charge on any atom is -0.379 e. The smallest absolute Gasteiger partial charge is 0.240 e. The van der Waals surface area contributed by atoms with Crippen LogP contribution in [-0.4, -0.2) is 42.4 Å². The summed E-state index contributed by atoms with van der Waals surface area (Å²) in [5, 5.41) is 3.03. The van der Waals surface area contributed by atoms with Crippen molar-refractivity contribution in [3.63, 3.8) is 0 Å². The van der Waals surface area contributed by atoms with Gasteiger partial charge in [-0.05, 0) is 25.2 Å². The summed E-state index contributed by atoms with van der Waals surface area (Å²) in [5.41, 5.74) is -0.0605. The van der Waals surface area contributed by atoms with Crippen LogP contribution in [0.3, 0.4) is 0 Å². The van der Waals surface area contributed by atoms with Crippen molar-refractivity contribution in [3.05, 3.63) is 34.7 Å². The number of rotatable bonds is 6. The van der Waals surface area contributed by atoms with Gasteiger partial charge in [-0.25, -0.2) is 0 Å². The van der Waals surface area contributed by atoms with E-state index < -0.39 is 0 Å². The summed E-state index contributed by atoms with van der Waals surface area (Å²) < 4.78 is 13.1. The van der Waals surface area contributed by atoms with E-state index in [4.69, 9.17) is 9.47 Å². The monoisotopic (exact) mass is 306 g/mol. The molecule has 0 radical (unpaired) electrons.